The van der Waals surface area contributed by atoms with Gasteiger partial charge in [0.1, 0.15) is 18.1 Å². The molecule has 0 spiro atoms. The molecule has 2 amide bonds. The molecule has 8 nitrogen and oxygen atoms in total. The lowest BCUT2D eigenvalue weighted by Gasteiger charge is -2.36. The molecule has 2 aliphatic heterocycles. The summed E-state index contributed by atoms with van der Waals surface area (Å²) >= 11 is 0. The zero-order valence-electron chi connectivity index (χ0n) is 20.2. The van der Waals surface area contributed by atoms with Crippen molar-refractivity contribution in [2.24, 2.45) is 0 Å². The van der Waals surface area contributed by atoms with E-state index in [2.05, 4.69) is 5.32 Å². The van der Waals surface area contributed by atoms with Crippen LogP contribution in [0.3, 0.4) is 0 Å². The zero-order chi connectivity index (χ0) is 24.2. The lowest BCUT2D eigenvalue weighted by molar-refractivity contribution is -0.151. The van der Waals surface area contributed by atoms with Crippen molar-refractivity contribution >= 4 is 11.8 Å². The van der Waals surface area contributed by atoms with Gasteiger partial charge in [-0.2, -0.15) is 0 Å². The van der Waals surface area contributed by atoms with Crippen LogP contribution in [0.25, 0.3) is 0 Å². The standard InChI is InChI=1S/C27H34N2O6/c1-18-13-14-23(34-18)25(26(30)28-19-8-3-2-4-9-19)29(16-20-10-7-15-32-20)27(31)24-17-33-21-11-5-6-12-22(21)35-24/h5-6,11-14,19-20,24-25H,2-4,7-10,15-17H2,1H3,(H,28,30). The van der Waals surface area contributed by atoms with Gasteiger partial charge in [0.25, 0.3) is 11.8 Å². The van der Waals surface area contributed by atoms with Gasteiger partial charge < -0.3 is 28.8 Å². The van der Waals surface area contributed by atoms with Crippen molar-refractivity contribution in [3.05, 3.63) is 47.9 Å². The summed E-state index contributed by atoms with van der Waals surface area (Å²) in [6.07, 6.45) is 6.05. The molecule has 1 aliphatic carbocycles. The zero-order valence-corrected chi connectivity index (χ0v) is 20.2. The summed E-state index contributed by atoms with van der Waals surface area (Å²) in [5, 5.41) is 3.20. The first-order valence-electron chi connectivity index (χ1n) is 12.8. The average Bonchev–Trinajstić information content (AvgIpc) is 3.55. The van der Waals surface area contributed by atoms with Crippen molar-refractivity contribution in [3.8, 4) is 11.5 Å². The first-order valence-corrected chi connectivity index (χ1v) is 12.8. The summed E-state index contributed by atoms with van der Waals surface area (Å²) in [5.74, 6) is 1.72. The molecule has 0 bridgehead atoms. The molecule has 0 radical (unpaired) electrons. The van der Waals surface area contributed by atoms with Crippen LogP contribution in [0, 0.1) is 6.92 Å². The summed E-state index contributed by atoms with van der Waals surface area (Å²) in [7, 11) is 0. The number of rotatable bonds is 7. The number of para-hydroxylation sites is 2. The van der Waals surface area contributed by atoms with E-state index in [1.54, 1.807) is 17.0 Å². The van der Waals surface area contributed by atoms with Gasteiger partial charge in [0.15, 0.2) is 17.5 Å². The number of aryl methyl sites for hydroxylation is 1. The van der Waals surface area contributed by atoms with E-state index in [-0.39, 0.29) is 37.1 Å². The third kappa shape index (κ3) is 5.48. The van der Waals surface area contributed by atoms with Gasteiger partial charge in [0.05, 0.1) is 6.10 Å². The van der Waals surface area contributed by atoms with Crippen LogP contribution in [0.1, 0.15) is 62.5 Å². The van der Waals surface area contributed by atoms with Crippen molar-refractivity contribution < 1.29 is 28.2 Å². The van der Waals surface area contributed by atoms with Gasteiger partial charge in [-0.15, -0.1) is 0 Å². The lowest BCUT2D eigenvalue weighted by Crippen LogP contribution is -2.54. The molecular weight excluding hydrogens is 448 g/mol. The largest absolute Gasteiger partial charge is 0.485 e. The number of nitrogens with zero attached hydrogens (tertiary/aromatic N) is 1. The number of carbonyl (C=O) groups excluding carboxylic acids is 2. The van der Waals surface area contributed by atoms with Gasteiger partial charge in [-0.3, -0.25) is 9.59 Å². The van der Waals surface area contributed by atoms with Gasteiger partial charge in [0.2, 0.25) is 6.10 Å². The van der Waals surface area contributed by atoms with Gasteiger partial charge in [-0.05, 0) is 56.9 Å². The molecule has 5 rings (SSSR count). The second-order valence-corrected chi connectivity index (χ2v) is 9.68. The molecule has 3 aliphatic rings. The van der Waals surface area contributed by atoms with E-state index in [1.807, 2.05) is 31.2 Å². The molecule has 3 unspecified atom stereocenters. The topological polar surface area (TPSA) is 90.2 Å². The summed E-state index contributed by atoms with van der Waals surface area (Å²) in [5.41, 5.74) is 0. The maximum atomic E-state index is 14.0. The third-order valence-corrected chi connectivity index (χ3v) is 7.03. The van der Waals surface area contributed by atoms with Crippen LogP contribution in [0.15, 0.2) is 40.8 Å². The Hall–Kier alpha value is -3.00. The Balaban J connectivity index is 1.43. The van der Waals surface area contributed by atoms with Crippen LogP contribution in [0.4, 0.5) is 0 Å². The van der Waals surface area contributed by atoms with Gasteiger partial charge in [0, 0.05) is 19.2 Å². The summed E-state index contributed by atoms with van der Waals surface area (Å²) in [6, 6.07) is 10.1. The normalized spacial score (nSPS) is 23.0. The van der Waals surface area contributed by atoms with Crippen LogP contribution >= 0.6 is 0 Å². The fourth-order valence-corrected chi connectivity index (χ4v) is 5.21. The Morgan fingerprint density at radius 2 is 1.83 bits per heavy atom. The van der Waals surface area contributed by atoms with E-state index in [1.165, 1.54) is 6.42 Å². The Kier molecular flexibility index (Phi) is 7.27. The van der Waals surface area contributed by atoms with Crippen LogP contribution < -0.4 is 14.8 Å². The van der Waals surface area contributed by atoms with E-state index >= 15 is 0 Å². The number of carbonyl (C=O) groups is 2. The molecule has 3 atom stereocenters. The third-order valence-electron chi connectivity index (χ3n) is 7.03. The van der Waals surface area contributed by atoms with E-state index in [4.69, 9.17) is 18.6 Å². The highest BCUT2D eigenvalue weighted by atomic mass is 16.6. The highest BCUT2D eigenvalue weighted by molar-refractivity contribution is 5.90. The maximum Gasteiger partial charge on any atom is 0.268 e. The number of hydrogen-bond donors (Lipinski definition) is 1. The number of amides is 2. The quantitative estimate of drug-likeness (QED) is 0.643. The number of hydrogen-bond acceptors (Lipinski definition) is 6. The molecule has 35 heavy (non-hydrogen) atoms. The van der Waals surface area contributed by atoms with Crippen molar-refractivity contribution in [1.29, 1.82) is 0 Å². The second kappa shape index (κ2) is 10.7. The van der Waals surface area contributed by atoms with E-state index < -0.39 is 12.1 Å². The van der Waals surface area contributed by atoms with Crippen LogP contribution in [-0.2, 0) is 14.3 Å². The Morgan fingerprint density at radius 1 is 1.03 bits per heavy atom. The Bertz CT molecular complexity index is 1020. The molecular formula is C27H34N2O6. The van der Waals surface area contributed by atoms with E-state index in [0.717, 1.165) is 38.5 Å². The van der Waals surface area contributed by atoms with Crippen molar-refractivity contribution in [2.45, 2.75) is 76.2 Å². The first kappa shape index (κ1) is 23.7. The van der Waals surface area contributed by atoms with Crippen LogP contribution in [-0.4, -0.2) is 54.7 Å². The van der Waals surface area contributed by atoms with Crippen LogP contribution in [0.5, 0.6) is 11.5 Å². The number of benzene rings is 1. The lowest BCUT2D eigenvalue weighted by atomic mass is 9.95. The second-order valence-electron chi connectivity index (χ2n) is 9.68. The molecule has 1 saturated carbocycles. The van der Waals surface area contributed by atoms with E-state index in [9.17, 15) is 9.59 Å². The van der Waals surface area contributed by atoms with Gasteiger partial charge in [-0.25, -0.2) is 0 Å². The predicted octanol–water partition coefficient (Wildman–Crippen LogP) is 3.93. The number of furan rings is 1. The predicted molar refractivity (Wildman–Crippen MR) is 128 cm³/mol. The summed E-state index contributed by atoms with van der Waals surface area (Å²) < 4.78 is 23.7. The molecule has 3 heterocycles. The fraction of sp³-hybridized carbons (Fsp3) is 0.556. The molecule has 1 N–H and O–H groups in total. The highest BCUT2D eigenvalue weighted by Crippen LogP contribution is 2.33. The van der Waals surface area contributed by atoms with Crippen molar-refractivity contribution in [3.63, 3.8) is 0 Å². The van der Waals surface area contributed by atoms with Crippen LogP contribution in [0.2, 0.25) is 0 Å². The van der Waals surface area contributed by atoms with Crippen molar-refractivity contribution in [2.75, 3.05) is 19.8 Å². The summed E-state index contributed by atoms with van der Waals surface area (Å²) in [4.78, 5) is 29.3. The maximum absolute atomic E-state index is 14.0. The smallest absolute Gasteiger partial charge is 0.268 e. The molecule has 2 aromatic rings. The molecule has 1 saturated heterocycles. The fourth-order valence-electron chi connectivity index (χ4n) is 5.21. The van der Waals surface area contributed by atoms with E-state index in [0.29, 0.717) is 29.6 Å². The molecule has 2 fully saturated rings. The Labute approximate surface area is 205 Å². The number of nitrogens with one attached hydrogen (secondary N) is 1. The average molecular weight is 483 g/mol. The molecule has 8 heteroatoms. The first-order chi connectivity index (χ1) is 17.1. The van der Waals surface area contributed by atoms with Crippen molar-refractivity contribution in [1.82, 2.24) is 10.2 Å². The SMILES string of the molecule is Cc1ccc(C(C(=O)NC2CCCCC2)N(CC2CCCO2)C(=O)C2COc3ccccc3O2)o1. The minimum atomic E-state index is -0.914. The number of fused-ring (bicyclic) bond motifs is 1. The highest BCUT2D eigenvalue weighted by Gasteiger charge is 2.41. The van der Waals surface area contributed by atoms with Gasteiger partial charge >= 0.3 is 0 Å². The minimum Gasteiger partial charge on any atom is -0.485 e. The molecule has 1 aromatic carbocycles. The molecule has 188 valence electrons. The summed E-state index contributed by atoms with van der Waals surface area (Å²) in [6.45, 7) is 2.84. The van der Waals surface area contributed by atoms with Gasteiger partial charge in [-0.1, -0.05) is 31.4 Å². The molecule has 1 aromatic heterocycles. The monoisotopic (exact) mass is 482 g/mol. The Morgan fingerprint density at radius 3 is 2.54 bits per heavy atom. The minimum absolute atomic E-state index is 0.0754. The number of ether oxygens (including phenoxy) is 3.